The maximum Gasteiger partial charge on any atom is 0.134 e. The molecule has 0 fully saturated rings. The molecule has 0 radical (unpaired) electrons. The number of ether oxygens (including phenoxy) is 1. The van der Waals surface area contributed by atoms with Gasteiger partial charge in [-0.1, -0.05) is 12.1 Å². The van der Waals surface area contributed by atoms with E-state index in [4.69, 9.17) is 4.74 Å². The summed E-state index contributed by atoms with van der Waals surface area (Å²) in [6.45, 7) is 2.68. The van der Waals surface area contributed by atoms with Gasteiger partial charge in [0, 0.05) is 19.2 Å². The van der Waals surface area contributed by atoms with E-state index in [1.165, 1.54) is 0 Å². The van der Waals surface area contributed by atoms with Crippen LogP contribution in [0.4, 0.5) is 11.6 Å². The third-order valence-corrected chi connectivity index (χ3v) is 2.91. The Kier molecular flexibility index (Phi) is 4.18. The molecule has 0 saturated heterocycles. The van der Waals surface area contributed by atoms with Crippen LogP contribution in [-0.2, 0) is 6.54 Å². The van der Waals surface area contributed by atoms with Gasteiger partial charge in [-0.2, -0.15) is 0 Å². The average Bonchev–Trinajstić information content (AvgIpc) is 2.46. The Balaban J connectivity index is 2.10. The molecule has 100 valence electrons. The number of benzene rings is 1. The van der Waals surface area contributed by atoms with Crippen molar-refractivity contribution in [3.05, 3.63) is 41.7 Å². The van der Waals surface area contributed by atoms with Crippen LogP contribution in [0.15, 0.2) is 30.6 Å². The molecule has 1 aromatic carbocycles. The minimum atomic E-state index is 0.693. The first-order valence-corrected chi connectivity index (χ1v) is 6.10. The summed E-state index contributed by atoms with van der Waals surface area (Å²) in [6.07, 6.45) is 1.55. The van der Waals surface area contributed by atoms with E-state index in [0.29, 0.717) is 6.54 Å². The summed E-state index contributed by atoms with van der Waals surface area (Å²) in [7, 11) is 3.52. The van der Waals surface area contributed by atoms with Crippen LogP contribution in [-0.4, -0.2) is 24.1 Å². The summed E-state index contributed by atoms with van der Waals surface area (Å²) in [6, 6.07) is 7.95. The van der Waals surface area contributed by atoms with Gasteiger partial charge in [-0.3, -0.25) is 0 Å². The number of aromatic nitrogens is 2. The maximum atomic E-state index is 5.20. The molecule has 19 heavy (non-hydrogen) atoms. The van der Waals surface area contributed by atoms with Gasteiger partial charge < -0.3 is 15.4 Å². The zero-order chi connectivity index (χ0) is 13.7. The lowest BCUT2D eigenvalue weighted by Gasteiger charge is -2.11. The van der Waals surface area contributed by atoms with Crippen LogP contribution in [0.3, 0.4) is 0 Å². The molecule has 5 nitrogen and oxygen atoms in total. The van der Waals surface area contributed by atoms with E-state index in [-0.39, 0.29) is 0 Å². The largest absolute Gasteiger partial charge is 0.497 e. The molecule has 2 rings (SSSR count). The van der Waals surface area contributed by atoms with Gasteiger partial charge >= 0.3 is 0 Å². The molecule has 5 heteroatoms. The van der Waals surface area contributed by atoms with Crippen molar-refractivity contribution in [2.24, 2.45) is 0 Å². The van der Waals surface area contributed by atoms with Crippen LogP contribution in [0.1, 0.15) is 11.1 Å². The highest BCUT2D eigenvalue weighted by Gasteiger charge is 2.05. The predicted octanol–water partition coefficient (Wildman–Crippen LogP) is 2.45. The highest BCUT2D eigenvalue weighted by atomic mass is 16.5. The second-order valence-electron chi connectivity index (χ2n) is 4.15. The number of methoxy groups -OCH3 is 1. The van der Waals surface area contributed by atoms with Crippen molar-refractivity contribution in [2.45, 2.75) is 13.5 Å². The summed E-state index contributed by atoms with van der Waals surface area (Å²) in [4.78, 5) is 8.41. The first-order chi connectivity index (χ1) is 9.24. The van der Waals surface area contributed by atoms with Crippen LogP contribution >= 0.6 is 0 Å². The minimum Gasteiger partial charge on any atom is -0.497 e. The fraction of sp³-hybridized carbons (Fsp3) is 0.286. The van der Waals surface area contributed by atoms with Gasteiger partial charge in [-0.15, -0.1) is 0 Å². The number of rotatable bonds is 5. The molecule has 1 aromatic heterocycles. The topological polar surface area (TPSA) is 59.1 Å². The first-order valence-electron chi connectivity index (χ1n) is 6.10. The highest BCUT2D eigenvalue weighted by molar-refractivity contribution is 5.56. The smallest absolute Gasteiger partial charge is 0.134 e. The second-order valence-corrected chi connectivity index (χ2v) is 4.15. The van der Waals surface area contributed by atoms with E-state index >= 15 is 0 Å². The third-order valence-electron chi connectivity index (χ3n) is 2.91. The normalized spacial score (nSPS) is 10.1. The molecule has 0 saturated carbocycles. The lowest BCUT2D eigenvalue weighted by atomic mass is 10.2. The van der Waals surface area contributed by atoms with Gasteiger partial charge in [0.25, 0.3) is 0 Å². The third kappa shape index (κ3) is 3.13. The summed E-state index contributed by atoms with van der Waals surface area (Å²) in [5, 5.41) is 6.35. The van der Waals surface area contributed by atoms with E-state index in [2.05, 4.69) is 20.6 Å². The number of hydrogen-bond donors (Lipinski definition) is 2. The first kappa shape index (κ1) is 13.1. The lowest BCUT2D eigenvalue weighted by molar-refractivity contribution is 0.414. The molecule has 0 spiro atoms. The zero-order valence-electron chi connectivity index (χ0n) is 11.4. The highest BCUT2D eigenvalue weighted by Crippen LogP contribution is 2.19. The Morgan fingerprint density at radius 2 is 2.00 bits per heavy atom. The molecule has 0 unspecified atom stereocenters. The van der Waals surface area contributed by atoms with E-state index in [1.807, 2.05) is 38.2 Å². The Morgan fingerprint density at radius 1 is 1.21 bits per heavy atom. The van der Waals surface area contributed by atoms with Crippen molar-refractivity contribution < 1.29 is 4.74 Å². The molecule has 1 heterocycles. The molecule has 2 aromatic rings. The molecule has 0 aliphatic rings. The zero-order valence-corrected chi connectivity index (χ0v) is 11.4. The summed E-state index contributed by atoms with van der Waals surface area (Å²) >= 11 is 0. The van der Waals surface area contributed by atoms with Crippen molar-refractivity contribution in [1.29, 1.82) is 0 Å². The van der Waals surface area contributed by atoms with Crippen LogP contribution < -0.4 is 15.4 Å². The number of anilines is 2. The van der Waals surface area contributed by atoms with Crippen molar-refractivity contribution >= 4 is 11.6 Å². The quantitative estimate of drug-likeness (QED) is 0.862. The molecule has 2 N–H and O–H groups in total. The molecule has 0 atom stereocenters. The number of hydrogen-bond acceptors (Lipinski definition) is 5. The molecular weight excluding hydrogens is 240 g/mol. The van der Waals surface area contributed by atoms with Gasteiger partial charge in [0.2, 0.25) is 0 Å². The van der Waals surface area contributed by atoms with Crippen LogP contribution in [0.2, 0.25) is 0 Å². The standard InChI is InChI=1S/C14H18N4O/c1-10-13(15-2)17-9-18-14(10)16-8-11-5-4-6-12(7-11)19-3/h4-7,9H,8H2,1-3H3,(H2,15,16,17,18). The average molecular weight is 258 g/mol. The summed E-state index contributed by atoms with van der Waals surface area (Å²) in [5.74, 6) is 2.53. The SMILES string of the molecule is CNc1ncnc(NCc2cccc(OC)c2)c1C. The van der Waals surface area contributed by atoms with Crippen molar-refractivity contribution in [1.82, 2.24) is 9.97 Å². The van der Waals surface area contributed by atoms with Crippen molar-refractivity contribution in [2.75, 3.05) is 24.8 Å². The van der Waals surface area contributed by atoms with E-state index < -0.39 is 0 Å². The minimum absolute atomic E-state index is 0.693. The van der Waals surface area contributed by atoms with E-state index in [9.17, 15) is 0 Å². The van der Waals surface area contributed by atoms with E-state index in [1.54, 1.807) is 13.4 Å². The lowest BCUT2D eigenvalue weighted by Crippen LogP contribution is -2.06. The monoisotopic (exact) mass is 258 g/mol. The predicted molar refractivity (Wildman–Crippen MR) is 76.6 cm³/mol. The fourth-order valence-electron chi connectivity index (χ4n) is 1.85. The van der Waals surface area contributed by atoms with Crippen LogP contribution in [0.5, 0.6) is 5.75 Å². The summed E-state index contributed by atoms with van der Waals surface area (Å²) in [5.41, 5.74) is 2.15. The second kappa shape index (κ2) is 6.04. The molecule has 0 aliphatic carbocycles. The van der Waals surface area contributed by atoms with Crippen molar-refractivity contribution in [3.8, 4) is 5.75 Å². The van der Waals surface area contributed by atoms with Gasteiger partial charge in [-0.05, 0) is 24.6 Å². The van der Waals surface area contributed by atoms with E-state index in [0.717, 1.165) is 28.5 Å². The van der Waals surface area contributed by atoms with Gasteiger partial charge in [0.15, 0.2) is 0 Å². The van der Waals surface area contributed by atoms with Crippen molar-refractivity contribution in [3.63, 3.8) is 0 Å². The van der Waals surface area contributed by atoms with Gasteiger partial charge in [-0.25, -0.2) is 9.97 Å². The Bertz CT molecular complexity index is 557. The van der Waals surface area contributed by atoms with Gasteiger partial charge in [0.1, 0.15) is 23.7 Å². The fourth-order valence-corrected chi connectivity index (χ4v) is 1.85. The Hall–Kier alpha value is -2.30. The molecule has 0 amide bonds. The Morgan fingerprint density at radius 3 is 2.74 bits per heavy atom. The van der Waals surface area contributed by atoms with Crippen LogP contribution in [0.25, 0.3) is 0 Å². The number of nitrogens with zero attached hydrogens (tertiary/aromatic N) is 2. The van der Waals surface area contributed by atoms with Crippen LogP contribution in [0, 0.1) is 6.92 Å². The Labute approximate surface area is 113 Å². The molecule has 0 bridgehead atoms. The van der Waals surface area contributed by atoms with Gasteiger partial charge in [0.05, 0.1) is 7.11 Å². The maximum absolute atomic E-state index is 5.20. The summed E-state index contributed by atoms with van der Waals surface area (Å²) < 4.78 is 5.20. The molecular formula is C14H18N4O. The number of nitrogens with one attached hydrogen (secondary N) is 2. The molecule has 0 aliphatic heterocycles.